The normalized spacial score (nSPS) is 18.2. The third-order valence-corrected chi connectivity index (χ3v) is 5.24. The van der Waals surface area contributed by atoms with Crippen LogP contribution in [0.2, 0.25) is 0 Å². The van der Waals surface area contributed by atoms with E-state index in [1.807, 2.05) is 0 Å². The smallest absolute Gasteiger partial charge is 0.294 e. The van der Waals surface area contributed by atoms with E-state index in [0.717, 1.165) is 0 Å². The van der Waals surface area contributed by atoms with E-state index in [1.165, 1.54) is 22.9 Å². The second-order valence-corrected chi connectivity index (χ2v) is 7.06. The Morgan fingerprint density at radius 2 is 1.86 bits per heavy atom. The first-order valence-electron chi connectivity index (χ1n) is 9.32. The number of amides is 1. The zero-order chi connectivity index (χ0) is 20.6. The highest BCUT2D eigenvalue weighted by Gasteiger charge is 2.41. The van der Waals surface area contributed by atoms with Gasteiger partial charge < -0.3 is 14.4 Å². The third kappa shape index (κ3) is 3.52. The van der Waals surface area contributed by atoms with Crippen molar-refractivity contribution < 1.29 is 19.2 Å². The van der Waals surface area contributed by atoms with Crippen LogP contribution in [-0.2, 0) is 9.47 Å². The summed E-state index contributed by atoms with van der Waals surface area (Å²) >= 11 is 0. The molecule has 0 radical (unpaired) electrons. The quantitative estimate of drug-likeness (QED) is 0.565. The van der Waals surface area contributed by atoms with Gasteiger partial charge in [-0.25, -0.2) is 4.68 Å². The van der Waals surface area contributed by atoms with Crippen molar-refractivity contribution in [2.75, 3.05) is 26.3 Å². The van der Waals surface area contributed by atoms with Crippen molar-refractivity contribution in [1.82, 2.24) is 14.7 Å². The van der Waals surface area contributed by atoms with Gasteiger partial charge >= 0.3 is 0 Å². The van der Waals surface area contributed by atoms with Crippen LogP contribution < -0.4 is 5.43 Å². The summed E-state index contributed by atoms with van der Waals surface area (Å²) in [5.41, 5.74) is -0.366. The molecule has 152 valence electrons. The maximum atomic E-state index is 13.0. The Balaban J connectivity index is 1.65. The van der Waals surface area contributed by atoms with Crippen molar-refractivity contribution in [3.05, 3.63) is 62.1 Å². The maximum absolute atomic E-state index is 13.0. The largest absolute Gasteiger partial charge is 0.347 e. The minimum absolute atomic E-state index is 0.166. The average Bonchev–Trinajstić information content (AvgIpc) is 3.16. The molecule has 10 nitrogen and oxygen atoms in total. The average molecular weight is 400 g/mol. The molecule has 0 bridgehead atoms. The van der Waals surface area contributed by atoms with Crippen molar-refractivity contribution in [3.8, 4) is 5.69 Å². The van der Waals surface area contributed by atoms with Crippen LogP contribution >= 0.6 is 0 Å². The molecule has 0 saturated carbocycles. The molecular weight excluding hydrogens is 380 g/mol. The molecular formula is C19H20N4O6. The number of hydrogen-bond donors (Lipinski definition) is 0. The van der Waals surface area contributed by atoms with E-state index in [4.69, 9.17) is 9.47 Å². The van der Waals surface area contributed by atoms with Gasteiger partial charge in [0.05, 0.1) is 18.1 Å². The van der Waals surface area contributed by atoms with Gasteiger partial charge in [0.2, 0.25) is 5.43 Å². The number of nitrogens with zero attached hydrogens (tertiary/aromatic N) is 4. The summed E-state index contributed by atoms with van der Waals surface area (Å²) in [6.45, 7) is 3.43. The minimum Gasteiger partial charge on any atom is -0.347 e. The standard InChI is InChI=1S/C19H20N4O6/c1-13-12-16(24)17(20-22(13)14-4-2-3-5-15(14)23(26)27)18(25)21-8-6-19(7-9-21)28-10-11-29-19/h2-5,12H,6-11H2,1H3. The first-order chi connectivity index (χ1) is 13.9. The highest BCUT2D eigenvalue weighted by atomic mass is 16.7. The third-order valence-electron chi connectivity index (χ3n) is 5.24. The van der Waals surface area contributed by atoms with Crippen LogP contribution in [0.15, 0.2) is 35.1 Å². The molecule has 1 amide bonds. The topological polar surface area (TPSA) is 117 Å². The fraction of sp³-hybridized carbons (Fsp3) is 0.421. The Morgan fingerprint density at radius 3 is 2.52 bits per heavy atom. The Morgan fingerprint density at radius 1 is 1.21 bits per heavy atom. The van der Waals surface area contributed by atoms with Gasteiger partial charge in [0.25, 0.3) is 11.6 Å². The highest BCUT2D eigenvalue weighted by molar-refractivity contribution is 5.92. The van der Waals surface area contributed by atoms with Gasteiger partial charge in [-0.15, -0.1) is 0 Å². The number of aryl methyl sites for hydroxylation is 1. The number of nitro groups is 1. The van der Waals surface area contributed by atoms with Gasteiger partial charge in [-0.05, 0) is 13.0 Å². The van der Waals surface area contributed by atoms with E-state index in [9.17, 15) is 19.7 Å². The lowest BCUT2D eigenvalue weighted by atomic mass is 10.0. The molecule has 29 heavy (non-hydrogen) atoms. The zero-order valence-corrected chi connectivity index (χ0v) is 15.9. The maximum Gasteiger partial charge on any atom is 0.294 e. The molecule has 1 aromatic carbocycles. The van der Waals surface area contributed by atoms with E-state index >= 15 is 0 Å². The molecule has 1 spiro atoms. The van der Waals surface area contributed by atoms with Crippen molar-refractivity contribution in [2.24, 2.45) is 0 Å². The fourth-order valence-corrected chi connectivity index (χ4v) is 3.72. The summed E-state index contributed by atoms with van der Waals surface area (Å²) in [5.74, 6) is -1.14. The SMILES string of the molecule is Cc1cc(=O)c(C(=O)N2CCC3(CC2)OCCO3)nn1-c1ccccc1[N+](=O)[O-]. The Kier molecular flexibility index (Phi) is 4.89. The molecule has 0 N–H and O–H groups in total. The van der Waals surface area contributed by atoms with Crippen molar-refractivity contribution >= 4 is 11.6 Å². The molecule has 2 saturated heterocycles. The molecule has 10 heteroatoms. The number of likely N-dealkylation sites (tertiary alicyclic amines) is 1. The highest BCUT2D eigenvalue weighted by Crippen LogP contribution is 2.31. The van der Waals surface area contributed by atoms with Crippen molar-refractivity contribution in [3.63, 3.8) is 0 Å². The lowest BCUT2D eigenvalue weighted by molar-refractivity contribution is -0.384. The number of carbonyl (C=O) groups excluding carboxylic acids is 1. The van der Waals surface area contributed by atoms with Crippen LogP contribution in [0, 0.1) is 17.0 Å². The number of para-hydroxylation sites is 2. The number of rotatable bonds is 3. The number of aromatic nitrogens is 2. The lowest BCUT2D eigenvalue weighted by Crippen LogP contribution is -2.48. The van der Waals surface area contributed by atoms with Gasteiger partial charge in [0.15, 0.2) is 11.5 Å². The fourth-order valence-electron chi connectivity index (χ4n) is 3.72. The lowest BCUT2D eigenvalue weighted by Gasteiger charge is -2.37. The van der Waals surface area contributed by atoms with Gasteiger partial charge in [-0.1, -0.05) is 12.1 Å². The predicted molar refractivity (Wildman–Crippen MR) is 101 cm³/mol. The molecule has 0 atom stereocenters. The Labute approximate surface area is 165 Å². The molecule has 2 aliphatic rings. The minimum atomic E-state index is -0.637. The van der Waals surface area contributed by atoms with Gasteiger partial charge in [0, 0.05) is 43.8 Å². The molecule has 1 aromatic heterocycles. The van der Waals surface area contributed by atoms with Gasteiger partial charge in [-0.2, -0.15) is 5.10 Å². The van der Waals surface area contributed by atoms with Crippen molar-refractivity contribution in [2.45, 2.75) is 25.6 Å². The number of ether oxygens (including phenoxy) is 2. The van der Waals surface area contributed by atoms with Crippen LogP contribution in [0.3, 0.4) is 0 Å². The molecule has 2 aromatic rings. The molecule has 2 fully saturated rings. The number of piperidine rings is 1. The van der Waals surface area contributed by atoms with Crippen LogP contribution in [0.1, 0.15) is 29.0 Å². The number of nitro benzene ring substituents is 1. The predicted octanol–water partition coefficient (Wildman–Crippen LogP) is 1.43. The summed E-state index contributed by atoms with van der Waals surface area (Å²) in [4.78, 5) is 37.8. The van der Waals surface area contributed by atoms with Crippen LogP contribution in [0.4, 0.5) is 5.69 Å². The molecule has 2 aliphatic heterocycles. The molecule has 0 aliphatic carbocycles. The Bertz CT molecular complexity index is 1020. The van der Waals surface area contributed by atoms with E-state index in [1.54, 1.807) is 24.0 Å². The van der Waals surface area contributed by atoms with Gasteiger partial charge in [0.1, 0.15) is 5.69 Å². The van der Waals surface area contributed by atoms with E-state index in [0.29, 0.717) is 44.8 Å². The van der Waals surface area contributed by atoms with Gasteiger partial charge in [-0.3, -0.25) is 19.7 Å². The zero-order valence-electron chi connectivity index (χ0n) is 15.9. The first kappa shape index (κ1) is 19.2. The second kappa shape index (κ2) is 7.37. The molecule has 4 rings (SSSR count). The number of carbonyl (C=O) groups is 1. The summed E-state index contributed by atoms with van der Waals surface area (Å²) in [7, 11) is 0. The summed E-state index contributed by atoms with van der Waals surface area (Å²) < 4.78 is 12.6. The molecule has 3 heterocycles. The van der Waals surface area contributed by atoms with Crippen LogP contribution in [0.5, 0.6) is 0 Å². The summed E-state index contributed by atoms with van der Waals surface area (Å²) in [6.07, 6.45) is 1.03. The van der Waals surface area contributed by atoms with E-state index < -0.39 is 22.0 Å². The van der Waals surface area contributed by atoms with Crippen molar-refractivity contribution in [1.29, 1.82) is 0 Å². The second-order valence-electron chi connectivity index (χ2n) is 7.06. The van der Waals surface area contributed by atoms with Crippen LogP contribution in [-0.4, -0.2) is 57.6 Å². The first-order valence-corrected chi connectivity index (χ1v) is 9.32. The van der Waals surface area contributed by atoms with Crippen LogP contribution in [0.25, 0.3) is 5.69 Å². The summed E-state index contributed by atoms with van der Waals surface area (Å²) in [6, 6.07) is 7.32. The Hall–Kier alpha value is -3.11. The monoisotopic (exact) mass is 400 g/mol. The summed E-state index contributed by atoms with van der Waals surface area (Å²) in [5, 5.41) is 15.6. The molecule has 0 unspecified atom stereocenters. The number of hydrogen-bond acceptors (Lipinski definition) is 7. The van der Waals surface area contributed by atoms with E-state index in [2.05, 4.69) is 5.10 Å². The number of benzene rings is 1. The van der Waals surface area contributed by atoms with E-state index in [-0.39, 0.29) is 17.1 Å².